The van der Waals surface area contributed by atoms with E-state index < -0.39 is 0 Å². The Labute approximate surface area is 192 Å². The lowest BCUT2D eigenvalue weighted by Gasteiger charge is -2.36. The molecule has 5 rings (SSSR count). The number of rotatable bonds is 5. The topological polar surface area (TPSA) is 52.7 Å². The molecule has 2 saturated carbocycles. The van der Waals surface area contributed by atoms with Gasteiger partial charge >= 0.3 is 0 Å². The van der Waals surface area contributed by atoms with Crippen LogP contribution in [0.5, 0.6) is 0 Å². The zero-order valence-corrected chi connectivity index (χ0v) is 19.4. The van der Waals surface area contributed by atoms with E-state index in [1.165, 1.54) is 38.6 Å². The smallest absolute Gasteiger partial charge is 0.254 e. The maximum absolute atomic E-state index is 13.5. The van der Waals surface area contributed by atoms with Gasteiger partial charge in [0.2, 0.25) is 5.91 Å². The number of amides is 2. The Kier molecular flexibility index (Phi) is 6.82. The summed E-state index contributed by atoms with van der Waals surface area (Å²) in [6, 6.07) is 9.69. The SMILES string of the molecule is O=C(NC1CCN(CC2CCCC2)CC1)C1CC2CCCCC2N1C(=O)c1ccccc1. The largest absolute Gasteiger partial charge is 0.351 e. The fourth-order valence-electron chi connectivity index (χ4n) is 6.83. The highest BCUT2D eigenvalue weighted by Crippen LogP contribution is 2.40. The molecule has 3 atom stereocenters. The van der Waals surface area contributed by atoms with E-state index in [0.717, 1.165) is 57.5 Å². The molecule has 2 heterocycles. The molecule has 1 N–H and O–H groups in total. The maximum atomic E-state index is 13.5. The van der Waals surface area contributed by atoms with Gasteiger partial charge in [-0.25, -0.2) is 0 Å². The Morgan fingerprint density at radius 3 is 2.31 bits per heavy atom. The van der Waals surface area contributed by atoms with E-state index in [1.54, 1.807) is 0 Å². The molecule has 32 heavy (non-hydrogen) atoms. The first-order chi connectivity index (χ1) is 15.7. The third-order valence-electron chi connectivity index (χ3n) is 8.57. The fraction of sp³-hybridized carbons (Fsp3) is 0.704. The molecule has 2 saturated heterocycles. The second-order valence-electron chi connectivity index (χ2n) is 10.7. The average Bonchev–Trinajstić information content (AvgIpc) is 3.48. The second kappa shape index (κ2) is 9.94. The van der Waals surface area contributed by atoms with Crippen LogP contribution in [0.3, 0.4) is 0 Å². The van der Waals surface area contributed by atoms with E-state index in [0.29, 0.717) is 11.5 Å². The molecule has 5 heteroatoms. The van der Waals surface area contributed by atoms with Crippen LogP contribution in [0.4, 0.5) is 0 Å². The number of carbonyl (C=O) groups is 2. The Hall–Kier alpha value is -1.88. The normalized spacial score (nSPS) is 29.8. The quantitative estimate of drug-likeness (QED) is 0.750. The van der Waals surface area contributed by atoms with Gasteiger partial charge in [-0.05, 0) is 68.9 Å². The van der Waals surface area contributed by atoms with E-state index in [2.05, 4.69) is 10.2 Å². The summed E-state index contributed by atoms with van der Waals surface area (Å²) >= 11 is 0. The number of hydrogen-bond acceptors (Lipinski definition) is 3. The van der Waals surface area contributed by atoms with Crippen molar-refractivity contribution in [3.63, 3.8) is 0 Å². The molecule has 4 aliphatic rings. The van der Waals surface area contributed by atoms with E-state index in [1.807, 2.05) is 35.2 Å². The molecule has 0 radical (unpaired) electrons. The summed E-state index contributed by atoms with van der Waals surface area (Å²) in [5, 5.41) is 3.36. The first kappa shape index (κ1) is 21.9. The highest BCUT2D eigenvalue weighted by molar-refractivity contribution is 5.98. The number of hydrogen-bond donors (Lipinski definition) is 1. The van der Waals surface area contributed by atoms with Crippen LogP contribution in [0.25, 0.3) is 0 Å². The number of benzene rings is 1. The number of piperidine rings is 1. The van der Waals surface area contributed by atoms with Crippen molar-refractivity contribution in [3.05, 3.63) is 35.9 Å². The van der Waals surface area contributed by atoms with E-state index >= 15 is 0 Å². The van der Waals surface area contributed by atoms with Crippen LogP contribution in [0, 0.1) is 11.8 Å². The summed E-state index contributed by atoms with van der Waals surface area (Å²) in [6.07, 6.45) is 13.1. The van der Waals surface area contributed by atoms with Crippen LogP contribution in [-0.2, 0) is 4.79 Å². The van der Waals surface area contributed by atoms with Gasteiger partial charge in [-0.3, -0.25) is 9.59 Å². The second-order valence-corrected chi connectivity index (χ2v) is 10.7. The average molecular weight is 438 g/mol. The number of fused-ring (bicyclic) bond motifs is 1. The summed E-state index contributed by atoms with van der Waals surface area (Å²) < 4.78 is 0. The molecule has 174 valence electrons. The van der Waals surface area contributed by atoms with Crippen molar-refractivity contribution in [3.8, 4) is 0 Å². The van der Waals surface area contributed by atoms with Crippen molar-refractivity contribution in [2.45, 2.75) is 88.8 Å². The van der Waals surface area contributed by atoms with Gasteiger partial charge in [0.15, 0.2) is 0 Å². The first-order valence-corrected chi connectivity index (χ1v) is 13.1. The molecule has 0 aromatic heterocycles. The Morgan fingerprint density at radius 2 is 1.56 bits per heavy atom. The van der Waals surface area contributed by atoms with Crippen molar-refractivity contribution in [2.75, 3.05) is 19.6 Å². The van der Waals surface area contributed by atoms with Gasteiger partial charge in [0.25, 0.3) is 5.91 Å². The lowest BCUT2D eigenvalue weighted by molar-refractivity contribution is -0.126. The molecule has 0 spiro atoms. The lowest BCUT2D eigenvalue weighted by atomic mass is 9.84. The number of nitrogens with zero attached hydrogens (tertiary/aromatic N) is 2. The molecular weight excluding hydrogens is 398 g/mol. The molecule has 1 aromatic carbocycles. The predicted octanol–water partition coefficient (Wildman–Crippen LogP) is 4.23. The summed E-state index contributed by atoms with van der Waals surface area (Å²) in [5.41, 5.74) is 0.705. The highest BCUT2D eigenvalue weighted by Gasteiger charge is 2.47. The van der Waals surface area contributed by atoms with Gasteiger partial charge in [-0.15, -0.1) is 0 Å². The summed E-state index contributed by atoms with van der Waals surface area (Å²) in [4.78, 5) is 31.5. The summed E-state index contributed by atoms with van der Waals surface area (Å²) in [7, 11) is 0. The minimum atomic E-state index is -0.313. The number of carbonyl (C=O) groups excluding carboxylic acids is 2. The molecule has 5 nitrogen and oxygen atoms in total. The van der Waals surface area contributed by atoms with Gasteiger partial charge in [-0.1, -0.05) is 43.9 Å². The maximum Gasteiger partial charge on any atom is 0.254 e. The first-order valence-electron chi connectivity index (χ1n) is 13.1. The predicted molar refractivity (Wildman–Crippen MR) is 126 cm³/mol. The summed E-state index contributed by atoms with van der Waals surface area (Å²) in [5.74, 6) is 1.48. The third-order valence-corrected chi connectivity index (χ3v) is 8.57. The highest BCUT2D eigenvalue weighted by atomic mass is 16.2. The van der Waals surface area contributed by atoms with Crippen LogP contribution in [0.2, 0.25) is 0 Å². The van der Waals surface area contributed by atoms with Gasteiger partial charge in [0, 0.05) is 37.3 Å². The minimum Gasteiger partial charge on any atom is -0.351 e. The molecule has 2 aliphatic heterocycles. The van der Waals surface area contributed by atoms with Gasteiger partial charge < -0.3 is 15.1 Å². The van der Waals surface area contributed by atoms with E-state index in [9.17, 15) is 9.59 Å². The third kappa shape index (κ3) is 4.73. The van der Waals surface area contributed by atoms with Crippen molar-refractivity contribution >= 4 is 11.8 Å². The van der Waals surface area contributed by atoms with E-state index in [4.69, 9.17) is 0 Å². The van der Waals surface area contributed by atoms with Crippen molar-refractivity contribution in [1.29, 1.82) is 0 Å². The number of nitrogens with one attached hydrogen (secondary N) is 1. The van der Waals surface area contributed by atoms with Crippen LogP contribution in [0.15, 0.2) is 30.3 Å². The minimum absolute atomic E-state index is 0.0338. The standard InChI is InChI=1S/C27H39N3O2/c31-26(28-23-14-16-29(17-15-23)19-20-8-4-5-9-20)25-18-22-12-6-7-13-24(22)30(25)27(32)21-10-2-1-3-11-21/h1-3,10-11,20,22-25H,4-9,12-19H2,(H,28,31). The van der Waals surface area contributed by atoms with Crippen molar-refractivity contribution in [2.24, 2.45) is 11.8 Å². The van der Waals surface area contributed by atoms with Crippen molar-refractivity contribution < 1.29 is 9.59 Å². The van der Waals surface area contributed by atoms with E-state index in [-0.39, 0.29) is 29.9 Å². The van der Waals surface area contributed by atoms with Gasteiger partial charge in [0.1, 0.15) is 6.04 Å². The van der Waals surface area contributed by atoms with Gasteiger partial charge in [0.05, 0.1) is 0 Å². The van der Waals surface area contributed by atoms with Crippen LogP contribution < -0.4 is 5.32 Å². The van der Waals surface area contributed by atoms with Crippen LogP contribution in [-0.4, -0.2) is 59.4 Å². The monoisotopic (exact) mass is 437 g/mol. The Bertz CT molecular complexity index is 783. The molecule has 1 aromatic rings. The molecular formula is C27H39N3O2. The Balaban J connectivity index is 1.21. The van der Waals surface area contributed by atoms with Crippen LogP contribution >= 0.6 is 0 Å². The summed E-state index contributed by atoms with van der Waals surface area (Å²) in [6.45, 7) is 3.42. The number of likely N-dealkylation sites (tertiary alicyclic amines) is 2. The van der Waals surface area contributed by atoms with Crippen LogP contribution in [0.1, 0.15) is 81.0 Å². The van der Waals surface area contributed by atoms with Gasteiger partial charge in [-0.2, -0.15) is 0 Å². The zero-order valence-electron chi connectivity index (χ0n) is 19.4. The lowest BCUT2D eigenvalue weighted by Crippen LogP contribution is -2.53. The molecule has 2 aliphatic carbocycles. The molecule has 0 bridgehead atoms. The fourth-order valence-corrected chi connectivity index (χ4v) is 6.83. The van der Waals surface area contributed by atoms with Crippen molar-refractivity contribution in [1.82, 2.24) is 15.1 Å². The molecule has 4 fully saturated rings. The molecule has 3 unspecified atom stereocenters. The molecule has 2 amide bonds. The zero-order chi connectivity index (χ0) is 21.9. The Morgan fingerprint density at radius 1 is 0.875 bits per heavy atom.